The van der Waals surface area contributed by atoms with Crippen molar-refractivity contribution in [3.63, 3.8) is 0 Å². The van der Waals surface area contributed by atoms with Crippen molar-refractivity contribution in [2.45, 2.75) is 0 Å². The second kappa shape index (κ2) is 2.36. The van der Waals surface area contributed by atoms with E-state index in [0.717, 1.165) is 15.1 Å². The van der Waals surface area contributed by atoms with E-state index in [0.29, 0.717) is 5.02 Å². The lowest BCUT2D eigenvalue weighted by atomic mass is 10.3. The number of anilines is 1. The lowest BCUT2D eigenvalue weighted by Crippen LogP contribution is -1.73. The Bertz CT molecular complexity index is 396. The van der Waals surface area contributed by atoms with Gasteiger partial charge in [0.25, 0.3) is 0 Å². The van der Waals surface area contributed by atoms with E-state index in [-0.39, 0.29) is 0 Å². The largest absolute Gasteiger partial charge is 0.391 e. The number of fused-ring (bicyclic) bond motifs is 1. The SMILES string of the molecule is Nc1cc2c(Cl)cncc2s1. The summed E-state index contributed by atoms with van der Waals surface area (Å²) in [6.45, 7) is 0. The summed E-state index contributed by atoms with van der Waals surface area (Å²) in [5.74, 6) is 0. The van der Waals surface area contributed by atoms with Crippen LogP contribution in [0.4, 0.5) is 5.00 Å². The summed E-state index contributed by atoms with van der Waals surface area (Å²) < 4.78 is 1.04. The summed E-state index contributed by atoms with van der Waals surface area (Å²) in [7, 11) is 0. The summed E-state index contributed by atoms with van der Waals surface area (Å²) >= 11 is 7.36. The minimum Gasteiger partial charge on any atom is -0.391 e. The van der Waals surface area contributed by atoms with E-state index < -0.39 is 0 Å². The Hall–Kier alpha value is -0.800. The molecular weight excluding hydrogens is 180 g/mol. The fourth-order valence-electron chi connectivity index (χ4n) is 0.947. The van der Waals surface area contributed by atoms with E-state index in [1.54, 1.807) is 12.4 Å². The van der Waals surface area contributed by atoms with Gasteiger partial charge in [-0.15, -0.1) is 11.3 Å². The minimum absolute atomic E-state index is 0.662. The Kier molecular flexibility index (Phi) is 1.47. The molecule has 0 aliphatic carbocycles. The molecule has 0 saturated heterocycles. The molecule has 0 aliphatic heterocycles. The molecule has 0 unspecified atom stereocenters. The van der Waals surface area contributed by atoms with E-state index in [4.69, 9.17) is 17.3 Å². The second-order valence-corrected chi connectivity index (χ2v) is 3.70. The summed E-state index contributed by atoms with van der Waals surface area (Å²) in [6.07, 6.45) is 3.39. The highest BCUT2D eigenvalue weighted by atomic mass is 35.5. The first-order chi connectivity index (χ1) is 5.27. The van der Waals surface area contributed by atoms with Crippen molar-refractivity contribution in [3.05, 3.63) is 23.5 Å². The third-order valence-corrected chi connectivity index (χ3v) is 2.62. The van der Waals surface area contributed by atoms with Gasteiger partial charge in [-0.05, 0) is 6.07 Å². The van der Waals surface area contributed by atoms with Crippen molar-refractivity contribution in [2.75, 3.05) is 5.73 Å². The molecule has 2 heterocycles. The second-order valence-electron chi connectivity index (χ2n) is 2.18. The summed E-state index contributed by atoms with van der Waals surface area (Å²) in [5, 5.41) is 2.43. The Morgan fingerprint density at radius 1 is 1.45 bits per heavy atom. The zero-order chi connectivity index (χ0) is 7.84. The third kappa shape index (κ3) is 1.06. The van der Waals surface area contributed by atoms with E-state index in [1.165, 1.54) is 11.3 Å². The van der Waals surface area contributed by atoms with Gasteiger partial charge in [0.1, 0.15) is 0 Å². The van der Waals surface area contributed by atoms with Crippen LogP contribution in [0.25, 0.3) is 10.1 Å². The number of aromatic nitrogens is 1. The smallest absolute Gasteiger partial charge is 0.0869 e. The molecule has 0 aliphatic rings. The van der Waals surface area contributed by atoms with Gasteiger partial charge in [0.15, 0.2) is 0 Å². The first-order valence-corrected chi connectivity index (χ1v) is 4.25. The topological polar surface area (TPSA) is 38.9 Å². The molecule has 0 amide bonds. The van der Waals surface area contributed by atoms with Crippen molar-refractivity contribution < 1.29 is 0 Å². The van der Waals surface area contributed by atoms with Crippen LogP contribution >= 0.6 is 22.9 Å². The fraction of sp³-hybridized carbons (Fsp3) is 0. The average molecular weight is 185 g/mol. The zero-order valence-corrected chi connectivity index (χ0v) is 7.12. The Morgan fingerprint density at radius 3 is 3.00 bits per heavy atom. The normalized spacial score (nSPS) is 10.6. The number of hydrogen-bond acceptors (Lipinski definition) is 3. The summed E-state index contributed by atoms with van der Waals surface area (Å²) in [4.78, 5) is 3.95. The van der Waals surface area contributed by atoms with Crippen molar-refractivity contribution in [1.82, 2.24) is 4.98 Å². The van der Waals surface area contributed by atoms with E-state index in [2.05, 4.69) is 4.98 Å². The van der Waals surface area contributed by atoms with Gasteiger partial charge < -0.3 is 5.73 Å². The number of halogens is 1. The van der Waals surface area contributed by atoms with E-state index in [9.17, 15) is 0 Å². The number of hydrogen-bond donors (Lipinski definition) is 1. The van der Waals surface area contributed by atoms with Gasteiger partial charge in [-0.1, -0.05) is 11.6 Å². The highest BCUT2D eigenvalue weighted by molar-refractivity contribution is 7.22. The van der Waals surface area contributed by atoms with Crippen LogP contribution in [0, 0.1) is 0 Å². The van der Waals surface area contributed by atoms with Crippen LogP contribution in [0.2, 0.25) is 5.02 Å². The predicted octanol–water partition coefficient (Wildman–Crippen LogP) is 2.53. The number of nitrogen functional groups attached to an aromatic ring is 1. The van der Waals surface area contributed by atoms with Gasteiger partial charge >= 0.3 is 0 Å². The molecule has 0 atom stereocenters. The van der Waals surface area contributed by atoms with Crippen LogP contribution in [0.3, 0.4) is 0 Å². The number of thiophene rings is 1. The van der Waals surface area contributed by atoms with Gasteiger partial charge in [-0.2, -0.15) is 0 Å². The molecule has 0 saturated carbocycles. The first kappa shape index (κ1) is 6.88. The molecule has 56 valence electrons. The maximum Gasteiger partial charge on any atom is 0.0869 e. The van der Waals surface area contributed by atoms with Gasteiger partial charge in [0.05, 0.1) is 14.7 Å². The van der Waals surface area contributed by atoms with Crippen LogP contribution in [0.15, 0.2) is 18.5 Å². The molecule has 0 radical (unpaired) electrons. The molecular formula is C7H5ClN2S. The third-order valence-electron chi connectivity index (χ3n) is 1.42. The Morgan fingerprint density at radius 2 is 2.27 bits per heavy atom. The summed E-state index contributed by atoms with van der Waals surface area (Å²) in [6, 6.07) is 1.87. The van der Waals surface area contributed by atoms with E-state index in [1.807, 2.05) is 6.07 Å². The van der Waals surface area contributed by atoms with Gasteiger partial charge in [-0.3, -0.25) is 4.98 Å². The number of pyridine rings is 1. The molecule has 2 aromatic heterocycles. The molecule has 11 heavy (non-hydrogen) atoms. The highest BCUT2D eigenvalue weighted by Gasteiger charge is 2.01. The van der Waals surface area contributed by atoms with Crippen molar-refractivity contribution in [2.24, 2.45) is 0 Å². The molecule has 0 aromatic carbocycles. The maximum absolute atomic E-state index is 5.86. The molecule has 2 rings (SSSR count). The van der Waals surface area contributed by atoms with Crippen LogP contribution in [-0.2, 0) is 0 Å². The maximum atomic E-state index is 5.86. The molecule has 0 fully saturated rings. The average Bonchev–Trinajstić information content (AvgIpc) is 2.31. The van der Waals surface area contributed by atoms with Gasteiger partial charge in [0.2, 0.25) is 0 Å². The monoisotopic (exact) mass is 184 g/mol. The van der Waals surface area contributed by atoms with Crippen LogP contribution in [0.1, 0.15) is 0 Å². The predicted molar refractivity (Wildman–Crippen MR) is 49.0 cm³/mol. The highest BCUT2D eigenvalue weighted by Crippen LogP contribution is 2.31. The lowest BCUT2D eigenvalue weighted by molar-refractivity contribution is 1.37. The standard InChI is InChI=1S/C7H5ClN2S/c8-5-2-10-3-6-4(5)1-7(9)11-6/h1-3H,9H2. The first-order valence-electron chi connectivity index (χ1n) is 3.06. The molecule has 2 aromatic rings. The number of nitrogens with two attached hydrogens (primary N) is 1. The zero-order valence-electron chi connectivity index (χ0n) is 5.54. The van der Waals surface area contributed by atoms with Crippen molar-refractivity contribution >= 4 is 38.0 Å². The summed E-state index contributed by atoms with van der Waals surface area (Å²) in [5.41, 5.74) is 5.59. The fourth-order valence-corrected chi connectivity index (χ4v) is 2.04. The van der Waals surface area contributed by atoms with Crippen LogP contribution in [0.5, 0.6) is 0 Å². The van der Waals surface area contributed by atoms with Gasteiger partial charge in [0, 0.05) is 17.8 Å². The van der Waals surface area contributed by atoms with E-state index >= 15 is 0 Å². The van der Waals surface area contributed by atoms with Gasteiger partial charge in [-0.25, -0.2) is 0 Å². The molecule has 4 heteroatoms. The molecule has 2 N–H and O–H groups in total. The van der Waals surface area contributed by atoms with Crippen molar-refractivity contribution in [3.8, 4) is 0 Å². The molecule has 2 nitrogen and oxygen atoms in total. The molecule has 0 spiro atoms. The Balaban J connectivity index is 2.90. The quantitative estimate of drug-likeness (QED) is 0.684. The lowest BCUT2D eigenvalue weighted by Gasteiger charge is -1.88. The van der Waals surface area contributed by atoms with Crippen LogP contribution < -0.4 is 5.73 Å². The van der Waals surface area contributed by atoms with Crippen molar-refractivity contribution in [1.29, 1.82) is 0 Å². The minimum atomic E-state index is 0.662. The number of rotatable bonds is 0. The molecule has 0 bridgehead atoms. The number of nitrogens with zero attached hydrogens (tertiary/aromatic N) is 1. The van der Waals surface area contributed by atoms with Crippen LogP contribution in [-0.4, -0.2) is 4.98 Å². The Labute approximate surface area is 72.6 Å².